The van der Waals surface area contributed by atoms with E-state index in [1.54, 1.807) is 38.2 Å². The molecule has 0 fully saturated rings. The summed E-state index contributed by atoms with van der Waals surface area (Å²) in [6.45, 7) is 3.33. The number of hydrogen-bond acceptors (Lipinski definition) is 5. The highest BCUT2D eigenvalue weighted by molar-refractivity contribution is 6.04. The lowest BCUT2D eigenvalue weighted by molar-refractivity contribution is -0.152. The number of ether oxygens (including phenoxy) is 2. The van der Waals surface area contributed by atoms with E-state index in [2.05, 4.69) is 0 Å². The standard InChI is InChI=1S/C16H17NO5/c1-4-21-15(19)10(2)22-16(20)13-9-17(3)14(18)12-8-6-5-7-11(12)13/h5-10H,4H2,1-3H3/t10-/m0/s1. The SMILES string of the molecule is CCOC(=O)[C@H](C)OC(=O)c1cn(C)c(=O)c2ccccc12. The minimum Gasteiger partial charge on any atom is -0.463 e. The molecule has 22 heavy (non-hydrogen) atoms. The molecule has 0 unspecified atom stereocenters. The van der Waals surface area contributed by atoms with Crippen LogP contribution in [0.15, 0.2) is 35.3 Å². The van der Waals surface area contributed by atoms with Gasteiger partial charge in [0, 0.05) is 24.0 Å². The summed E-state index contributed by atoms with van der Waals surface area (Å²) in [5.41, 5.74) is 0.0273. The first kappa shape index (κ1) is 15.8. The molecule has 0 aliphatic heterocycles. The Balaban J connectivity index is 2.39. The highest BCUT2D eigenvalue weighted by Crippen LogP contribution is 2.17. The smallest absolute Gasteiger partial charge is 0.347 e. The maximum absolute atomic E-state index is 12.3. The van der Waals surface area contributed by atoms with E-state index in [9.17, 15) is 14.4 Å². The second-order valence-electron chi connectivity index (χ2n) is 4.80. The number of aromatic nitrogens is 1. The summed E-state index contributed by atoms with van der Waals surface area (Å²) in [7, 11) is 1.56. The monoisotopic (exact) mass is 303 g/mol. The van der Waals surface area contributed by atoms with Gasteiger partial charge in [-0.25, -0.2) is 9.59 Å². The molecule has 6 heteroatoms. The molecule has 116 valence electrons. The van der Waals surface area contributed by atoms with E-state index in [0.29, 0.717) is 10.8 Å². The molecular formula is C16H17NO5. The lowest BCUT2D eigenvalue weighted by Crippen LogP contribution is -2.27. The number of esters is 2. The number of carbonyl (C=O) groups excluding carboxylic acids is 2. The molecule has 2 aromatic rings. The van der Waals surface area contributed by atoms with E-state index < -0.39 is 18.0 Å². The van der Waals surface area contributed by atoms with Gasteiger partial charge in [0.05, 0.1) is 12.2 Å². The van der Waals surface area contributed by atoms with Gasteiger partial charge in [-0.2, -0.15) is 0 Å². The van der Waals surface area contributed by atoms with E-state index in [-0.39, 0.29) is 17.7 Å². The zero-order valence-corrected chi connectivity index (χ0v) is 12.7. The van der Waals surface area contributed by atoms with Gasteiger partial charge in [0.15, 0.2) is 6.10 Å². The van der Waals surface area contributed by atoms with Crippen LogP contribution in [0.2, 0.25) is 0 Å². The van der Waals surface area contributed by atoms with Gasteiger partial charge < -0.3 is 14.0 Å². The third-order valence-corrected chi connectivity index (χ3v) is 3.21. The first-order chi connectivity index (χ1) is 10.5. The molecule has 1 aromatic carbocycles. The lowest BCUT2D eigenvalue weighted by Gasteiger charge is -2.13. The Morgan fingerprint density at radius 2 is 1.86 bits per heavy atom. The molecule has 0 bridgehead atoms. The summed E-state index contributed by atoms with van der Waals surface area (Å²) in [5, 5.41) is 0.912. The van der Waals surface area contributed by atoms with Crippen LogP contribution in [0.3, 0.4) is 0 Å². The predicted octanol–water partition coefficient (Wildman–Crippen LogP) is 1.65. The number of benzene rings is 1. The topological polar surface area (TPSA) is 74.6 Å². The summed E-state index contributed by atoms with van der Waals surface area (Å²) in [6.07, 6.45) is 0.397. The van der Waals surface area contributed by atoms with Crippen molar-refractivity contribution in [1.82, 2.24) is 4.57 Å². The molecule has 0 radical (unpaired) electrons. The zero-order chi connectivity index (χ0) is 16.3. The minimum atomic E-state index is -1.01. The number of fused-ring (bicyclic) bond motifs is 1. The number of carbonyl (C=O) groups is 2. The van der Waals surface area contributed by atoms with Gasteiger partial charge in [-0.1, -0.05) is 18.2 Å². The van der Waals surface area contributed by atoms with Crippen LogP contribution in [0.1, 0.15) is 24.2 Å². The Hall–Kier alpha value is -2.63. The van der Waals surface area contributed by atoms with Crippen molar-refractivity contribution in [2.45, 2.75) is 20.0 Å². The summed E-state index contributed by atoms with van der Waals surface area (Å²) < 4.78 is 11.2. The Labute approximate surface area is 127 Å². The molecule has 0 amide bonds. The zero-order valence-electron chi connectivity index (χ0n) is 12.7. The van der Waals surface area contributed by atoms with Crippen molar-refractivity contribution in [2.75, 3.05) is 6.61 Å². The van der Waals surface area contributed by atoms with Gasteiger partial charge in [0.25, 0.3) is 5.56 Å². The van der Waals surface area contributed by atoms with Crippen LogP contribution in [0.25, 0.3) is 10.8 Å². The molecule has 6 nitrogen and oxygen atoms in total. The quantitative estimate of drug-likeness (QED) is 0.803. The Morgan fingerprint density at radius 3 is 2.50 bits per heavy atom. The average molecular weight is 303 g/mol. The number of aryl methyl sites for hydroxylation is 1. The molecule has 1 aromatic heterocycles. The van der Waals surface area contributed by atoms with E-state index in [0.717, 1.165) is 0 Å². The number of nitrogens with zero attached hydrogens (tertiary/aromatic N) is 1. The van der Waals surface area contributed by atoms with Crippen LogP contribution in [0, 0.1) is 0 Å². The van der Waals surface area contributed by atoms with Crippen LogP contribution < -0.4 is 5.56 Å². The molecule has 1 atom stereocenters. The lowest BCUT2D eigenvalue weighted by atomic mass is 10.1. The highest BCUT2D eigenvalue weighted by atomic mass is 16.6. The van der Waals surface area contributed by atoms with Crippen LogP contribution >= 0.6 is 0 Å². The van der Waals surface area contributed by atoms with Crippen molar-refractivity contribution in [3.8, 4) is 0 Å². The molecule has 0 aliphatic rings. The van der Waals surface area contributed by atoms with Crippen molar-refractivity contribution < 1.29 is 19.1 Å². The number of rotatable bonds is 4. The number of pyridine rings is 1. The molecule has 0 N–H and O–H groups in total. The van der Waals surface area contributed by atoms with Crippen LogP contribution in [0.5, 0.6) is 0 Å². The summed E-state index contributed by atoms with van der Waals surface area (Å²) in [6, 6.07) is 6.76. The molecule has 0 saturated heterocycles. The van der Waals surface area contributed by atoms with Gasteiger partial charge in [0.2, 0.25) is 0 Å². The largest absolute Gasteiger partial charge is 0.463 e. The maximum Gasteiger partial charge on any atom is 0.347 e. The fraction of sp³-hybridized carbons (Fsp3) is 0.312. The summed E-state index contributed by atoms with van der Waals surface area (Å²) >= 11 is 0. The molecule has 0 aliphatic carbocycles. The molecule has 2 rings (SSSR count). The van der Waals surface area contributed by atoms with Crippen molar-refractivity contribution in [2.24, 2.45) is 7.05 Å². The average Bonchev–Trinajstić information content (AvgIpc) is 2.51. The van der Waals surface area contributed by atoms with Gasteiger partial charge in [-0.15, -0.1) is 0 Å². The second kappa shape index (κ2) is 6.43. The van der Waals surface area contributed by atoms with E-state index in [4.69, 9.17) is 9.47 Å². The first-order valence-electron chi connectivity index (χ1n) is 6.91. The first-order valence-corrected chi connectivity index (χ1v) is 6.91. The summed E-state index contributed by atoms with van der Waals surface area (Å²) in [4.78, 5) is 35.9. The van der Waals surface area contributed by atoms with Gasteiger partial charge in [-0.05, 0) is 19.9 Å². The Bertz CT molecular complexity index is 778. The van der Waals surface area contributed by atoms with Crippen molar-refractivity contribution in [3.63, 3.8) is 0 Å². The predicted molar refractivity (Wildman–Crippen MR) is 80.7 cm³/mol. The van der Waals surface area contributed by atoms with Gasteiger partial charge in [-0.3, -0.25) is 4.79 Å². The molecule has 0 saturated carbocycles. The van der Waals surface area contributed by atoms with Crippen molar-refractivity contribution in [3.05, 3.63) is 46.4 Å². The normalized spacial score (nSPS) is 12.0. The third-order valence-electron chi connectivity index (χ3n) is 3.21. The minimum absolute atomic E-state index is 0.203. The van der Waals surface area contributed by atoms with Crippen molar-refractivity contribution >= 4 is 22.7 Å². The summed E-state index contributed by atoms with van der Waals surface area (Å²) in [5.74, 6) is -1.28. The molecular weight excluding hydrogens is 286 g/mol. The van der Waals surface area contributed by atoms with Crippen molar-refractivity contribution in [1.29, 1.82) is 0 Å². The Kier molecular flexibility index (Phi) is 4.60. The highest BCUT2D eigenvalue weighted by Gasteiger charge is 2.22. The van der Waals surface area contributed by atoms with Gasteiger partial charge in [0.1, 0.15) is 0 Å². The Morgan fingerprint density at radius 1 is 1.23 bits per heavy atom. The van der Waals surface area contributed by atoms with Crippen LogP contribution in [-0.2, 0) is 21.3 Å². The molecule has 0 spiro atoms. The fourth-order valence-electron chi connectivity index (χ4n) is 2.11. The van der Waals surface area contributed by atoms with Gasteiger partial charge >= 0.3 is 11.9 Å². The molecule has 1 heterocycles. The van der Waals surface area contributed by atoms with E-state index >= 15 is 0 Å². The van der Waals surface area contributed by atoms with E-state index in [1.807, 2.05) is 0 Å². The second-order valence-corrected chi connectivity index (χ2v) is 4.80. The van der Waals surface area contributed by atoms with E-state index in [1.165, 1.54) is 17.7 Å². The number of hydrogen-bond donors (Lipinski definition) is 0. The maximum atomic E-state index is 12.3. The fourth-order valence-corrected chi connectivity index (χ4v) is 2.11. The van der Waals surface area contributed by atoms with Crippen LogP contribution in [0.4, 0.5) is 0 Å². The third kappa shape index (κ3) is 3.00. The van der Waals surface area contributed by atoms with Crippen LogP contribution in [-0.4, -0.2) is 29.2 Å².